The van der Waals surface area contributed by atoms with Crippen LogP contribution in [0.2, 0.25) is 0 Å². The maximum atomic E-state index is 11.0. The molecule has 2 saturated heterocycles. The van der Waals surface area contributed by atoms with Crippen LogP contribution in [-0.4, -0.2) is 48.4 Å². The second-order valence-electron chi connectivity index (χ2n) is 4.03. The maximum Gasteiger partial charge on any atom is 0.224 e. The smallest absolute Gasteiger partial charge is 0.224 e. The molecule has 2 rings (SSSR count). The van der Waals surface area contributed by atoms with E-state index >= 15 is 0 Å². The number of hydrogen-bond donors (Lipinski definition) is 0. The molecule has 0 radical (unpaired) electrons. The third kappa shape index (κ3) is 2.21. The topological polar surface area (TPSA) is 23.6 Å². The Kier molecular flexibility index (Phi) is 2.83. The van der Waals surface area contributed by atoms with Gasteiger partial charge in [-0.3, -0.25) is 4.79 Å². The molecule has 2 aliphatic rings. The van der Waals surface area contributed by atoms with Gasteiger partial charge >= 0.3 is 0 Å². The number of nitrogens with zero attached hydrogens (tertiary/aromatic N) is 2. The van der Waals surface area contributed by atoms with Crippen LogP contribution in [0.1, 0.15) is 25.7 Å². The molecular formula is C10H18N2O. The first-order valence-electron chi connectivity index (χ1n) is 5.36. The van der Waals surface area contributed by atoms with E-state index in [1.165, 1.54) is 32.4 Å². The van der Waals surface area contributed by atoms with Gasteiger partial charge in [0.05, 0.1) is 0 Å². The van der Waals surface area contributed by atoms with Gasteiger partial charge in [-0.25, -0.2) is 0 Å². The van der Waals surface area contributed by atoms with Crippen LogP contribution < -0.4 is 0 Å². The average molecular weight is 182 g/mol. The third-order valence-corrected chi connectivity index (χ3v) is 3.08. The van der Waals surface area contributed by atoms with Crippen LogP contribution in [0.15, 0.2) is 0 Å². The van der Waals surface area contributed by atoms with Crippen LogP contribution in [0.5, 0.6) is 0 Å². The summed E-state index contributed by atoms with van der Waals surface area (Å²) < 4.78 is 0. The number of piperidine rings is 1. The predicted octanol–water partition coefficient (Wildman–Crippen LogP) is 0.705. The predicted molar refractivity (Wildman–Crippen MR) is 51.5 cm³/mol. The van der Waals surface area contributed by atoms with Gasteiger partial charge in [0, 0.05) is 26.1 Å². The lowest BCUT2D eigenvalue weighted by Crippen LogP contribution is -2.47. The van der Waals surface area contributed by atoms with Crippen LogP contribution in [0.4, 0.5) is 0 Å². The van der Waals surface area contributed by atoms with Gasteiger partial charge in [0.15, 0.2) is 0 Å². The summed E-state index contributed by atoms with van der Waals surface area (Å²) in [5, 5.41) is 0. The summed E-state index contributed by atoms with van der Waals surface area (Å²) in [6, 6.07) is 0. The molecule has 0 N–H and O–H groups in total. The van der Waals surface area contributed by atoms with Gasteiger partial charge in [0.1, 0.15) is 0 Å². The van der Waals surface area contributed by atoms with E-state index in [0.29, 0.717) is 5.91 Å². The largest absolute Gasteiger partial charge is 0.341 e. The van der Waals surface area contributed by atoms with Crippen molar-refractivity contribution in [3.63, 3.8) is 0 Å². The van der Waals surface area contributed by atoms with Crippen molar-refractivity contribution >= 4 is 5.91 Å². The molecule has 0 aromatic carbocycles. The lowest BCUT2D eigenvalue weighted by Gasteiger charge is -2.34. The third-order valence-electron chi connectivity index (χ3n) is 3.08. The molecule has 2 aliphatic heterocycles. The number of carbonyl (C=O) groups is 1. The van der Waals surface area contributed by atoms with E-state index < -0.39 is 0 Å². The Morgan fingerprint density at radius 2 is 1.77 bits per heavy atom. The molecule has 0 aromatic rings. The fraction of sp³-hybridized carbons (Fsp3) is 0.900. The van der Waals surface area contributed by atoms with Gasteiger partial charge in [-0.05, 0) is 25.9 Å². The minimum atomic E-state index is 0.344. The highest BCUT2D eigenvalue weighted by molar-refractivity contribution is 5.81. The summed E-state index contributed by atoms with van der Waals surface area (Å²) in [5.74, 6) is 0.344. The fourth-order valence-electron chi connectivity index (χ4n) is 2.04. The van der Waals surface area contributed by atoms with Crippen molar-refractivity contribution in [1.29, 1.82) is 0 Å². The number of amides is 1. The van der Waals surface area contributed by atoms with E-state index in [1.807, 2.05) is 4.90 Å². The molecule has 1 amide bonds. The normalized spacial score (nSPS) is 24.6. The Bertz CT molecular complexity index is 187. The van der Waals surface area contributed by atoms with E-state index in [0.717, 1.165) is 26.1 Å². The molecule has 0 atom stereocenters. The standard InChI is InChI=1S/C10H18N2O/c13-10-4-7-12(10)9-8-11-5-2-1-3-6-11/h1-9H2. The number of hydrogen-bond acceptors (Lipinski definition) is 2. The summed E-state index contributed by atoms with van der Waals surface area (Å²) in [5.41, 5.74) is 0. The van der Waals surface area contributed by atoms with E-state index in [9.17, 15) is 4.79 Å². The van der Waals surface area contributed by atoms with Crippen molar-refractivity contribution in [3.05, 3.63) is 0 Å². The first kappa shape index (κ1) is 9.00. The molecule has 3 heteroatoms. The summed E-state index contributed by atoms with van der Waals surface area (Å²) in [6.07, 6.45) is 4.85. The van der Waals surface area contributed by atoms with E-state index in [1.54, 1.807) is 0 Å². The second-order valence-corrected chi connectivity index (χ2v) is 4.03. The molecule has 74 valence electrons. The molecule has 2 heterocycles. The summed E-state index contributed by atoms with van der Waals surface area (Å²) in [6.45, 7) is 5.52. The SMILES string of the molecule is O=C1CCN1CCN1CCCCC1. The monoisotopic (exact) mass is 182 g/mol. The lowest BCUT2D eigenvalue weighted by molar-refractivity contribution is -0.140. The zero-order chi connectivity index (χ0) is 9.10. The molecule has 2 fully saturated rings. The van der Waals surface area contributed by atoms with E-state index in [4.69, 9.17) is 0 Å². The molecule has 13 heavy (non-hydrogen) atoms. The number of likely N-dealkylation sites (tertiary alicyclic amines) is 2. The highest BCUT2D eigenvalue weighted by Gasteiger charge is 2.23. The van der Waals surface area contributed by atoms with Gasteiger partial charge in [0.25, 0.3) is 0 Å². The minimum Gasteiger partial charge on any atom is -0.341 e. The fourth-order valence-corrected chi connectivity index (χ4v) is 2.04. The highest BCUT2D eigenvalue weighted by Crippen LogP contribution is 2.11. The quantitative estimate of drug-likeness (QED) is 0.600. The second kappa shape index (κ2) is 4.09. The van der Waals surface area contributed by atoms with Gasteiger partial charge in [0.2, 0.25) is 5.91 Å². The van der Waals surface area contributed by atoms with Crippen molar-refractivity contribution in [3.8, 4) is 0 Å². The zero-order valence-corrected chi connectivity index (χ0v) is 8.17. The first-order valence-corrected chi connectivity index (χ1v) is 5.36. The average Bonchev–Trinajstić information content (AvgIpc) is 2.17. The minimum absolute atomic E-state index is 0.344. The van der Waals surface area contributed by atoms with Crippen molar-refractivity contribution in [2.24, 2.45) is 0 Å². The number of rotatable bonds is 3. The Labute approximate surface area is 79.7 Å². The molecule has 0 aliphatic carbocycles. The van der Waals surface area contributed by atoms with Crippen molar-refractivity contribution < 1.29 is 4.79 Å². The van der Waals surface area contributed by atoms with Gasteiger partial charge < -0.3 is 9.80 Å². The number of carbonyl (C=O) groups excluding carboxylic acids is 1. The molecule has 0 spiro atoms. The van der Waals surface area contributed by atoms with Crippen LogP contribution in [-0.2, 0) is 4.79 Å². The Morgan fingerprint density at radius 1 is 1.00 bits per heavy atom. The van der Waals surface area contributed by atoms with Crippen LogP contribution >= 0.6 is 0 Å². The molecule has 0 unspecified atom stereocenters. The molecular weight excluding hydrogens is 164 g/mol. The first-order chi connectivity index (χ1) is 6.36. The molecule has 0 saturated carbocycles. The molecule has 0 aromatic heterocycles. The van der Waals surface area contributed by atoms with Crippen molar-refractivity contribution in [1.82, 2.24) is 9.80 Å². The van der Waals surface area contributed by atoms with E-state index in [2.05, 4.69) is 4.90 Å². The summed E-state index contributed by atoms with van der Waals surface area (Å²) in [4.78, 5) is 15.5. The van der Waals surface area contributed by atoms with Gasteiger partial charge in [-0.1, -0.05) is 6.42 Å². The van der Waals surface area contributed by atoms with Crippen LogP contribution in [0.25, 0.3) is 0 Å². The van der Waals surface area contributed by atoms with Crippen LogP contribution in [0.3, 0.4) is 0 Å². The zero-order valence-electron chi connectivity index (χ0n) is 8.17. The van der Waals surface area contributed by atoms with E-state index in [-0.39, 0.29) is 0 Å². The maximum absolute atomic E-state index is 11.0. The molecule has 3 nitrogen and oxygen atoms in total. The van der Waals surface area contributed by atoms with Crippen molar-refractivity contribution in [2.45, 2.75) is 25.7 Å². The Hall–Kier alpha value is -0.570. The summed E-state index contributed by atoms with van der Waals surface area (Å²) >= 11 is 0. The van der Waals surface area contributed by atoms with Crippen molar-refractivity contribution in [2.75, 3.05) is 32.7 Å². The van der Waals surface area contributed by atoms with Gasteiger partial charge in [-0.15, -0.1) is 0 Å². The van der Waals surface area contributed by atoms with Crippen LogP contribution in [0, 0.1) is 0 Å². The Morgan fingerprint density at radius 3 is 2.31 bits per heavy atom. The number of β-lactam (4-membered cyclic amide) rings is 1. The lowest BCUT2D eigenvalue weighted by atomic mass is 10.1. The highest BCUT2D eigenvalue weighted by atomic mass is 16.2. The molecule has 0 bridgehead atoms. The summed E-state index contributed by atoms with van der Waals surface area (Å²) in [7, 11) is 0. The Balaban J connectivity index is 1.63. The van der Waals surface area contributed by atoms with Gasteiger partial charge in [-0.2, -0.15) is 0 Å².